The van der Waals surface area contributed by atoms with Crippen LogP contribution in [0.5, 0.6) is 0 Å². The molecule has 0 aromatic carbocycles. The lowest BCUT2D eigenvalue weighted by Gasteiger charge is -2.28. The van der Waals surface area contributed by atoms with Gasteiger partial charge in [0, 0.05) is 11.6 Å². The molecule has 2 aromatic heterocycles. The highest BCUT2D eigenvalue weighted by atomic mass is 32.2. The highest BCUT2D eigenvalue weighted by Crippen LogP contribution is 2.45. The van der Waals surface area contributed by atoms with Crippen LogP contribution in [0.4, 0.5) is 11.6 Å². The van der Waals surface area contributed by atoms with E-state index >= 15 is 0 Å². The van der Waals surface area contributed by atoms with Crippen LogP contribution in [-0.4, -0.2) is 60.7 Å². The second-order valence-corrected chi connectivity index (χ2v) is 8.11. The van der Waals surface area contributed by atoms with Crippen molar-refractivity contribution in [1.82, 2.24) is 9.55 Å². The third-order valence-electron chi connectivity index (χ3n) is 5.04. The molecule has 144 valence electrons. The summed E-state index contributed by atoms with van der Waals surface area (Å²) >= 11 is 6.73. The largest absolute Gasteiger partial charge is 0.394 e. The first-order valence-electron chi connectivity index (χ1n) is 8.41. The zero-order valence-corrected chi connectivity index (χ0v) is 16.6. The summed E-state index contributed by atoms with van der Waals surface area (Å²) in [7, 11) is 0. The third-order valence-corrected chi connectivity index (χ3v) is 5.83. The number of aliphatic hydroxyl groups is 3. The van der Waals surface area contributed by atoms with Gasteiger partial charge >= 0.3 is 0 Å². The van der Waals surface area contributed by atoms with Crippen LogP contribution >= 0.6 is 24.0 Å². The van der Waals surface area contributed by atoms with Gasteiger partial charge < -0.3 is 29.9 Å². The number of nitrogens with one attached hydrogen (secondary N) is 1. The topological polar surface area (TPSA) is 112 Å². The van der Waals surface area contributed by atoms with Gasteiger partial charge in [0.2, 0.25) is 0 Å². The molecule has 8 nitrogen and oxygen atoms in total. The van der Waals surface area contributed by atoms with Crippen LogP contribution in [0.1, 0.15) is 18.7 Å². The summed E-state index contributed by atoms with van der Waals surface area (Å²) in [5.74, 6) is 1.15. The van der Waals surface area contributed by atoms with Crippen molar-refractivity contribution < 1.29 is 20.1 Å². The molecule has 10 heteroatoms. The summed E-state index contributed by atoms with van der Waals surface area (Å²) in [6.45, 7) is 3.02. The number of nitrogens with zero attached hydrogens (tertiary/aromatic N) is 3. The predicted molar refractivity (Wildman–Crippen MR) is 107 cm³/mol. The molecule has 0 bridgehead atoms. The van der Waals surface area contributed by atoms with Crippen LogP contribution in [0.3, 0.4) is 0 Å². The molecule has 4 atom stereocenters. The fourth-order valence-corrected chi connectivity index (χ4v) is 4.25. The molecule has 0 radical (unpaired) electrons. The number of thioether (sulfide) groups is 1. The Morgan fingerprint density at radius 2 is 2.22 bits per heavy atom. The van der Waals surface area contributed by atoms with Gasteiger partial charge in [-0.2, -0.15) is 0 Å². The zero-order valence-electron chi connectivity index (χ0n) is 15.0. The van der Waals surface area contributed by atoms with E-state index in [1.165, 1.54) is 18.7 Å². The standard InChI is InChI=1S/C17H20N4O4S2/c1-7-4-10(26)18-13-11-8(7)5-21(14(11)20-16(19-13)27-3)15-17(2,24)12(23)9(6-22)25-15/h4-5,9,12,15,22-24H,6H2,1-3H3,(H,18,19,20,26)/t9-,12-,15?,17-/m1/s1. The SMILES string of the molecule is CSC1=Nc2c3c(nc(=S)cc(C)c3cn2C2O[C@H](CO)[C@@H](O)[C@@]2(C)O)N1. The molecule has 4 rings (SSSR count). The number of aliphatic imine (C=N–C) groups is 1. The molecule has 27 heavy (non-hydrogen) atoms. The molecule has 0 amide bonds. The van der Waals surface area contributed by atoms with Gasteiger partial charge in [-0.1, -0.05) is 24.0 Å². The molecule has 2 aliphatic rings. The quantitative estimate of drug-likeness (QED) is 0.557. The number of aryl methyl sites for hydroxylation is 1. The van der Waals surface area contributed by atoms with E-state index in [2.05, 4.69) is 15.3 Å². The molecule has 2 aliphatic heterocycles. The smallest absolute Gasteiger partial charge is 0.168 e. The van der Waals surface area contributed by atoms with Gasteiger partial charge in [-0.05, 0) is 31.7 Å². The van der Waals surface area contributed by atoms with E-state index in [-0.39, 0.29) is 0 Å². The molecule has 1 unspecified atom stereocenters. The van der Waals surface area contributed by atoms with Crippen molar-refractivity contribution in [3.05, 3.63) is 22.5 Å². The first-order chi connectivity index (χ1) is 12.8. The van der Waals surface area contributed by atoms with Crippen LogP contribution in [0, 0.1) is 11.6 Å². The second kappa shape index (κ2) is 6.50. The Labute approximate surface area is 164 Å². The van der Waals surface area contributed by atoms with Crippen molar-refractivity contribution in [2.24, 2.45) is 4.99 Å². The maximum Gasteiger partial charge on any atom is 0.168 e. The first-order valence-corrected chi connectivity index (χ1v) is 10.0. The summed E-state index contributed by atoms with van der Waals surface area (Å²) in [5, 5.41) is 36.2. The lowest BCUT2D eigenvalue weighted by Crippen LogP contribution is -2.44. The average molecular weight is 409 g/mol. The maximum atomic E-state index is 10.9. The first kappa shape index (κ1) is 18.8. The Morgan fingerprint density at radius 3 is 2.85 bits per heavy atom. The van der Waals surface area contributed by atoms with E-state index in [4.69, 9.17) is 17.0 Å². The van der Waals surface area contributed by atoms with Crippen LogP contribution in [0.2, 0.25) is 0 Å². The zero-order chi connectivity index (χ0) is 19.5. The van der Waals surface area contributed by atoms with Gasteiger partial charge in [0.05, 0.1) is 12.0 Å². The highest BCUT2D eigenvalue weighted by Gasteiger charge is 2.53. The normalized spacial score (nSPS) is 29.7. The van der Waals surface area contributed by atoms with Crippen molar-refractivity contribution in [2.45, 2.75) is 37.9 Å². The molecular weight excluding hydrogens is 388 g/mol. The van der Waals surface area contributed by atoms with Gasteiger partial charge in [-0.15, -0.1) is 0 Å². The van der Waals surface area contributed by atoms with Crippen molar-refractivity contribution in [1.29, 1.82) is 0 Å². The Bertz CT molecular complexity index is 1020. The summed E-state index contributed by atoms with van der Waals surface area (Å²) in [4.78, 5) is 9.13. The van der Waals surface area contributed by atoms with Gasteiger partial charge in [0.1, 0.15) is 34.1 Å². The Kier molecular flexibility index (Phi) is 4.53. The number of hydrogen-bond donors (Lipinski definition) is 4. The number of amidine groups is 1. The molecule has 4 heterocycles. The number of aromatic nitrogens is 2. The fourth-order valence-electron chi connectivity index (χ4n) is 3.60. The Hall–Kier alpha value is -1.56. The van der Waals surface area contributed by atoms with Crippen molar-refractivity contribution in [3.8, 4) is 0 Å². The minimum absolute atomic E-state index is 0.398. The van der Waals surface area contributed by atoms with Crippen molar-refractivity contribution >= 4 is 51.6 Å². The summed E-state index contributed by atoms with van der Waals surface area (Å²) in [6, 6.07) is 1.81. The van der Waals surface area contributed by atoms with E-state index in [1.54, 1.807) is 10.6 Å². The van der Waals surface area contributed by atoms with E-state index in [0.29, 0.717) is 21.4 Å². The summed E-state index contributed by atoms with van der Waals surface area (Å²) < 4.78 is 7.95. The number of anilines is 1. The monoisotopic (exact) mass is 408 g/mol. The van der Waals surface area contributed by atoms with Gasteiger partial charge in [0.15, 0.2) is 11.4 Å². The number of aliphatic hydroxyl groups excluding tert-OH is 2. The molecule has 1 fully saturated rings. The molecule has 0 spiro atoms. The Balaban J connectivity index is 2.01. The van der Waals surface area contributed by atoms with Crippen LogP contribution in [0.15, 0.2) is 17.3 Å². The molecule has 0 aliphatic carbocycles. The minimum atomic E-state index is -1.61. The van der Waals surface area contributed by atoms with Gasteiger partial charge in [-0.25, -0.2) is 9.98 Å². The van der Waals surface area contributed by atoms with E-state index in [1.807, 2.05) is 19.4 Å². The molecule has 4 N–H and O–H groups in total. The average Bonchev–Trinajstić information content (AvgIpc) is 3.06. The number of hydrogen-bond acceptors (Lipinski definition) is 9. The lowest BCUT2D eigenvalue weighted by molar-refractivity contribution is -0.0955. The fraction of sp³-hybridized carbons (Fsp3) is 0.471. The number of ether oxygens (including phenoxy) is 1. The molecular formula is C17H20N4O4S2. The lowest BCUT2D eigenvalue weighted by atomic mass is 9.96. The molecule has 1 saturated heterocycles. The Morgan fingerprint density at radius 1 is 1.48 bits per heavy atom. The molecule has 2 aromatic rings. The second-order valence-electron chi connectivity index (χ2n) is 6.90. The van der Waals surface area contributed by atoms with Crippen LogP contribution < -0.4 is 5.32 Å². The van der Waals surface area contributed by atoms with E-state index in [9.17, 15) is 15.3 Å². The van der Waals surface area contributed by atoms with E-state index < -0.39 is 30.6 Å². The third kappa shape index (κ3) is 2.79. The van der Waals surface area contributed by atoms with Crippen molar-refractivity contribution in [3.63, 3.8) is 0 Å². The molecule has 0 saturated carbocycles. The highest BCUT2D eigenvalue weighted by molar-refractivity contribution is 8.13. The summed E-state index contributed by atoms with van der Waals surface area (Å²) in [6.07, 6.45) is 0.669. The van der Waals surface area contributed by atoms with Gasteiger partial charge in [-0.3, -0.25) is 0 Å². The number of rotatable bonds is 2. The van der Waals surface area contributed by atoms with Crippen LogP contribution in [0.25, 0.3) is 10.8 Å². The maximum absolute atomic E-state index is 10.9. The van der Waals surface area contributed by atoms with Crippen molar-refractivity contribution in [2.75, 3.05) is 18.2 Å². The summed E-state index contributed by atoms with van der Waals surface area (Å²) in [5.41, 5.74) is -0.693. The van der Waals surface area contributed by atoms with Crippen LogP contribution in [-0.2, 0) is 4.74 Å². The van der Waals surface area contributed by atoms with Gasteiger partial charge in [0.25, 0.3) is 0 Å². The van der Waals surface area contributed by atoms with E-state index in [0.717, 1.165) is 16.3 Å². The minimum Gasteiger partial charge on any atom is -0.394 e. The predicted octanol–water partition coefficient (Wildman–Crippen LogP) is 1.85.